The Bertz CT molecular complexity index is 682. The molecule has 2 rings (SSSR count). The van der Waals surface area contributed by atoms with Crippen molar-refractivity contribution in [2.24, 2.45) is 10.7 Å². The van der Waals surface area contributed by atoms with Crippen molar-refractivity contribution in [3.8, 4) is 11.5 Å². The minimum absolute atomic E-state index is 0.0994. The van der Waals surface area contributed by atoms with E-state index in [-0.39, 0.29) is 11.9 Å². The summed E-state index contributed by atoms with van der Waals surface area (Å²) in [5.41, 5.74) is 6.49. The van der Waals surface area contributed by atoms with E-state index in [0.29, 0.717) is 36.3 Å². The van der Waals surface area contributed by atoms with Gasteiger partial charge in [-0.3, -0.25) is 9.79 Å². The number of carbonyl (C=O) groups excluding carboxylic acids is 1. The molecule has 0 radical (unpaired) electrons. The molecule has 9 heteroatoms. The van der Waals surface area contributed by atoms with Gasteiger partial charge in [-0.1, -0.05) is 0 Å². The summed E-state index contributed by atoms with van der Waals surface area (Å²) in [7, 11) is 1.61. The number of nitrogens with two attached hydrogens (primary N) is 1. The van der Waals surface area contributed by atoms with E-state index in [9.17, 15) is 4.79 Å². The lowest BCUT2D eigenvalue weighted by molar-refractivity contribution is -0.119. The number of methoxy groups -OCH3 is 1. The largest absolute Gasteiger partial charge is 0.458 e. The summed E-state index contributed by atoms with van der Waals surface area (Å²) in [6.07, 6.45) is 1.57. The van der Waals surface area contributed by atoms with E-state index in [2.05, 4.69) is 20.6 Å². The number of nitrogens with zero attached hydrogens (tertiary/aromatic N) is 2. The highest BCUT2D eigenvalue weighted by Gasteiger charge is 2.09. The van der Waals surface area contributed by atoms with Gasteiger partial charge in [-0.25, -0.2) is 4.98 Å². The Hall–Kier alpha value is -2.23. The van der Waals surface area contributed by atoms with Crippen LogP contribution < -0.4 is 16.4 Å². The van der Waals surface area contributed by atoms with Crippen LogP contribution in [0.3, 0.4) is 0 Å². The second kappa shape index (κ2) is 9.16. The van der Waals surface area contributed by atoms with E-state index in [1.165, 1.54) is 18.3 Å². The molecule has 0 aliphatic heterocycles. The Morgan fingerprint density at radius 3 is 3.17 bits per heavy atom. The third-order valence-corrected chi connectivity index (χ3v) is 3.70. The van der Waals surface area contributed by atoms with Gasteiger partial charge in [0.15, 0.2) is 10.9 Å². The van der Waals surface area contributed by atoms with Gasteiger partial charge in [0.05, 0.1) is 26.0 Å². The number of thiazole rings is 1. The van der Waals surface area contributed by atoms with Gasteiger partial charge < -0.3 is 25.5 Å². The summed E-state index contributed by atoms with van der Waals surface area (Å²) in [5, 5.41) is 8.27. The smallest absolute Gasteiger partial charge is 0.217 e. The first-order valence-electron chi connectivity index (χ1n) is 7.37. The summed E-state index contributed by atoms with van der Waals surface area (Å²) in [6, 6.07) is 3.52. The summed E-state index contributed by atoms with van der Waals surface area (Å²) in [4.78, 5) is 19.5. The normalized spacial score (nSPS) is 12.5. The Morgan fingerprint density at radius 2 is 2.42 bits per heavy atom. The van der Waals surface area contributed by atoms with Crippen LogP contribution in [0.15, 0.2) is 26.9 Å². The molecule has 0 aromatic carbocycles. The van der Waals surface area contributed by atoms with Crippen LogP contribution in [0.4, 0.5) is 5.13 Å². The molecule has 0 saturated heterocycles. The zero-order valence-electron chi connectivity index (χ0n) is 13.6. The van der Waals surface area contributed by atoms with Crippen molar-refractivity contribution < 1.29 is 13.9 Å². The van der Waals surface area contributed by atoms with Gasteiger partial charge in [0.1, 0.15) is 11.5 Å². The number of furan rings is 1. The third-order valence-electron chi connectivity index (χ3n) is 2.93. The zero-order chi connectivity index (χ0) is 17.4. The number of aromatic nitrogens is 1. The molecule has 0 aliphatic rings. The minimum atomic E-state index is -0.120. The van der Waals surface area contributed by atoms with E-state index in [4.69, 9.17) is 14.9 Å². The Balaban J connectivity index is 1.86. The Morgan fingerprint density at radius 1 is 1.58 bits per heavy atom. The molecule has 1 atom stereocenters. The number of anilines is 1. The number of ether oxygens (including phenoxy) is 1. The van der Waals surface area contributed by atoms with Gasteiger partial charge in [0.25, 0.3) is 0 Å². The SMILES string of the molecule is COCC(N)CN=CNc1nc(-c2ccc(CNC(C)=O)o2)cs1. The maximum absolute atomic E-state index is 10.9. The maximum atomic E-state index is 10.9. The first-order chi connectivity index (χ1) is 11.6. The summed E-state index contributed by atoms with van der Waals surface area (Å²) < 4.78 is 10.6. The van der Waals surface area contributed by atoms with Gasteiger partial charge in [-0.05, 0) is 12.1 Å². The lowest BCUT2D eigenvalue weighted by Crippen LogP contribution is -2.28. The lowest BCUT2D eigenvalue weighted by atomic mass is 10.3. The molecule has 0 spiro atoms. The highest BCUT2D eigenvalue weighted by Crippen LogP contribution is 2.26. The van der Waals surface area contributed by atoms with Crippen LogP contribution >= 0.6 is 11.3 Å². The summed E-state index contributed by atoms with van der Waals surface area (Å²) in [6.45, 7) is 2.77. The lowest BCUT2D eigenvalue weighted by Gasteiger charge is -2.05. The van der Waals surface area contributed by atoms with Crippen LogP contribution in [0.2, 0.25) is 0 Å². The van der Waals surface area contributed by atoms with Gasteiger partial charge in [0.2, 0.25) is 5.91 Å². The van der Waals surface area contributed by atoms with E-state index in [1.54, 1.807) is 13.4 Å². The Labute approximate surface area is 144 Å². The van der Waals surface area contributed by atoms with Crippen LogP contribution in [-0.2, 0) is 16.1 Å². The number of hydrogen-bond acceptors (Lipinski definition) is 7. The predicted octanol–water partition coefficient (Wildman–Crippen LogP) is 1.45. The fraction of sp³-hybridized carbons (Fsp3) is 0.400. The number of aliphatic imine (C=N–C) groups is 1. The van der Waals surface area contributed by atoms with Crippen molar-refractivity contribution in [3.63, 3.8) is 0 Å². The van der Waals surface area contributed by atoms with Gasteiger partial charge in [0, 0.05) is 25.5 Å². The van der Waals surface area contributed by atoms with Gasteiger partial charge in [-0.15, -0.1) is 11.3 Å². The second-order valence-electron chi connectivity index (χ2n) is 5.07. The number of nitrogens with one attached hydrogen (secondary N) is 2. The third kappa shape index (κ3) is 5.76. The molecule has 0 bridgehead atoms. The van der Waals surface area contributed by atoms with E-state index in [0.717, 1.165) is 5.69 Å². The molecule has 4 N–H and O–H groups in total. The molecule has 0 fully saturated rings. The molecule has 1 unspecified atom stereocenters. The fourth-order valence-electron chi connectivity index (χ4n) is 1.83. The van der Waals surface area contributed by atoms with Crippen LogP contribution in [0.25, 0.3) is 11.5 Å². The van der Waals surface area contributed by atoms with E-state index >= 15 is 0 Å². The van der Waals surface area contributed by atoms with E-state index < -0.39 is 0 Å². The van der Waals surface area contributed by atoms with Gasteiger partial charge >= 0.3 is 0 Å². The monoisotopic (exact) mass is 351 g/mol. The van der Waals surface area contributed by atoms with Crippen LogP contribution in [0.1, 0.15) is 12.7 Å². The molecule has 8 nitrogen and oxygen atoms in total. The summed E-state index contributed by atoms with van der Waals surface area (Å²) in [5.74, 6) is 1.23. The van der Waals surface area contributed by atoms with Crippen molar-refractivity contribution in [2.45, 2.75) is 19.5 Å². The summed E-state index contributed by atoms with van der Waals surface area (Å²) >= 11 is 1.44. The second-order valence-corrected chi connectivity index (χ2v) is 5.93. The molecule has 130 valence electrons. The van der Waals surface area contributed by atoms with Crippen LogP contribution in [0.5, 0.6) is 0 Å². The highest BCUT2D eigenvalue weighted by atomic mass is 32.1. The molecule has 1 amide bonds. The zero-order valence-corrected chi connectivity index (χ0v) is 14.4. The molecular weight excluding hydrogens is 330 g/mol. The van der Waals surface area contributed by atoms with Crippen LogP contribution in [0, 0.1) is 0 Å². The number of rotatable bonds is 9. The molecule has 2 heterocycles. The van der Waals surface area contributed by atoms with Crippen molar-refractivity contribution in [1.82, 2.24) is 10.3 Å². The molecule has 2 aromatic rings. The Kier molecular flexibility index (Phi) is 6.91. The van der Waals surface area contributed by atoms with Crippen molar-refractivity contribution >= 4 is 28.7 Å². The standard InChI is InChI=1S/C15H21N5O3S/c1-10(21)18-6-12-3-4-14(23-12)13-8-24-15(20-13)19-9-17-5-11(16)7-22-2/h3-4,8-9,11H,5-7,16H2,1-2H3,(H,18,21)(H,17,19,20). The number of amides is 1. The average Bonchev–Trinajstić information content (AvgIpc) is 3.19. The van der Waals surface area contributed by atoms with Crippen molar-refractivity contribution in [1.29, 1.82) is 0 Å². The quantitative estimate of drug-likeness (QED) is 0.465. The molecule has 0 aliphatic carbocycles. The van der Waals surface area contributed by atoms with Crippen LogP contribution in [-0.4, -0.2) is 43.5 Å². The number of hydrogen-bond donors (Lipinski definition) is 3. The topological polar surface area (TPSA) is 115 Å². The molecule has 24 heavy (non-hydrogen) atoms. The number of carbonyl (C=O) groups is 1. The van der Waals surface area contributed by atoms with E-state index in [1.807, 2.05) is 17.5 Å². The highest BCUT2D eigenvalue weighted by molar-refractivity contribution is 7.14. The van der Waals surface area contributed by atoms with Crippen molar-refractivity contribution in [3.05, 3.63) is 23.3 Å². The predicted molar refractivity (Wildman–Crippen MR) is 94.2 cm³/mol. The first kappa shape index (κ1) is 18.1. The first-order valence-corrected chi connectivity index (χ1v) is 8.25. The molecule has 0 saturated carbocycles. The fourth-order valence-corrected chi connectivity index (χ4v) is 2.50. The van der Waals surface area contributed by atoms with Crippen molar-refractivity contribution in [2.75, 3.05) is 25.6 Å². The maximum Gasteiger partial charge on any atom is 0.217 e. The average molecular weight is 351 g/mol. The molecular formula is C15H21N5O3S. The minimum Gasteiger partial charge on any atom is -0.458 e. The van der Waals surface area contributed by atoms with Gasteiger partial charge in [-0.2, -0.15) is 0 Å². The molecule has 2 aromatic heterocycles.